The van der Waals surface area contributed by atoms with E-state index >= 15 is 0 Å². The summed E-state index contributed by atoms with van der Waals surface area (Å²) >= 11 is 0. The highest BCUT2D eigenvalue weighted by Gasteiger charge is 2.34. The van der Waals surface area contributed by atoms with Crippen molar-refractivity contribution >= 4 is 29.9 Å². The van der Waals surface area contributed by atoms with Gasteiger partial charge in [0.05, 0.1) is 6.61 Å². The highest BCUT2D eigenvalue weighted by atomic mass is 127. The highest BCUT2D eigenvalue weighted by molar-refractivity contribution is 14.0. The predicted octanol–water partition coefficient (Wildman–Crippen LogP) is 2.39. The standard InChI is InChI=1S/C19H32N4O2.HI/c1-15(2)17(16-5-4-8-21-11-16)12-22-18(20-3)23-13-19(6-9-24)7-10-25-14-19;/h4-5,8,11,15,17,24H,6-7,9-10,12-14H2,1-3H3,(H2,20,22,23);1H. The van der Waals surface area contributed by atoms with Crippen LogP contribution < -0.4 is 10.6 Å². The van der Waals surface area contributed by atoms with Gasteiger partial charge >= 0.3 is 0 Å². The number of halogens is 1. The summed E-state index contributed by atoms with van der Waals surface area (Å²) in [6.07, 6.45) is 5.47. The second-order valence-electron chi connectivity index (χ2n) is 7.22. The number of rotatable bonds is 8. The quantitative estimate of drug-likeness (QED) is 0.305. The molecule has 0 spiro atoms. The fourth-order valence-electron chi connectivity index (χ4n) is 3.34. The normalized spacial score (nSPS) is 21.3. The number of pyridine rings is 1. The maximum atomic E-state index is 9.34. The SMILES string of the molecule is CN=C(NCC(c1cccnc1)C(C)C)NCC1(CCO)CCOC1.I. The Kier molecular flexibility index (Phi) is 10.4. The van der Waals surface area contributed by atoms with Gasteiger partial charge in [0.1, 0.15) is 0 Å². The molecule has 0 radical (unpaired) electrons. The molecule has 1 aromatic heterocycles. The van der Waals surface area contributed by atoms with E-state index in [4.69, 9.17) is 4.74 Å². The number of ether oxygens (including phenoxy) is 1. The van der Waals surface area contributed by atoms with Gasteiger partial charge in [-0.2, -0.15) is 0 Å². The van der Waals surface area contributed by atoms with Crippen LogP contribution in [0.1, 0.15) is 38.2 Å². The Balaban J connectivity index is 0.00000338. The fraction of sp³-hybridized carbons (Fsp3) is 0.684. The fourth-order valence-corrected chi connectivity index (χ4v) is 3.34. The van der Waals surface area contributed by atoms with Gasteiger partial charge in [-0.05, 0) is 30.4 Å². The first-order valence-electron chi connectivity index (χ1n) is 9.13. The number of guanidine groups is 1. The number of nitrogens with one attached hydrogen (secondary N) is 2. The molecule has 26 heavy (non-hydrogen) atoms. The van der Waals surface area contributed by atoms with Crippen LogP contribution in [0.2, 0.25) is 0 Å². The Hall–Kier alpha value is -0.930. The molecular formula is C19H33IN4O2. The van der Waals surface area contributed by atoms with Crippen molar-refractivity contribution in [2.75, 3.05) is 40.0 Å². The summed E-state index contributed by atoms with van der Waals surface area (Å²) < 4.78 is 5.55. The van der Waals surface area contributed by atoms with Crippen LogP contribution in [0.3, 0.4) is 0 Å². The third-order valence-corrected chi connectivity index (χ3v) is 5.09. The number of hydrogen-bond donors (Lipinski definition) is 3. The second kappa shape index (κ2) is 11.7. The molecule has 1 aromatic rings. The zero-order chi connectivity index (χ0) is 18.1. The largest absolute Gasteiger partial charge is 0.396 e. The van der Waals surface area contributed by atoms with Crippen LogP contribution in [0.5, 0.6) is 0 Å². The predicted molar refractivity (Wildman–Crippen MR) is 116 cm³/mol. The van der Waals surface area contributed by atoms with Crippen LogP contribution in [-0.4, -0.2) is 56.0 Å². The summed E-state index contributed by atoms with van der Waals surface area (Å²) in [6.45, 7) is 7.65. The van der Waals surface area contributed by atoms with Crippen molar-refractivity contribution < 1.29 is 9.84 Å². The van der Waals surface area contributed by atoms with Crippen LogP contribution >= 0.6 is 24.0 Å². The molecule has 1 aliphatic rings. The van der Waals surface area contributed by atoms with Crippen molar-refractivity contribution in [2.24, 2.45) is 16.3 Å². The van der Waals surface area contributed by atoms with E-state index in [2.05, 4.69) is 40.5 Å². The molecule has 6 nitrogen and oxygen atoms in total. The van der Waals surface area contributed by atoms with Crippen molar-refractivity contribution in [1.82, 2.24) is 15.6 Å². The molecule has 1 fully saturated rings. The Labute approximate surface area is 174 Å². The minimum Gasteiger partial charge on any atom is -0.396 e. The van der Waals surface area contributed by atoms with E-state index in [1.54, 1.807) is 13.2 Å². The molecule has 2 rings (SSSR count). The van der Waals surface area contributed by atoms with Crippen molar-refractivity contribution in [2.45, 2.75) is 32.6 Å². The molecule has 0 amide bonds. The minimum absolute atomic E-state index is 0. The van der Waals surface area contributed by atoms with Crippen LogP contribution in [0.4, 0.5) is 0 Å². The third kappa shape index (κ3) is 6.66. The van der Waals surface area contributed by atoms with E-state index in [0.29, 0.717) is 18.4 Å². The maximum Gasteiger partial charge on any atom is 0.191 e. The molecule has 2 heterocycles. The lowest BCUT2D eigenvalue weighted by Crippen LogP contribution is -2.45. The first-order chi connectivity index (χ1) is 12.1. The van der Waals surface area contributed by atoms with Crippen molar-refractivity contribution in [1.29, 1.82) is 0 Å². The van der Waals surface area contributed by atoms with Gasteiger partial charge < -0.3 is 20.5 Å². The number of aliphatic hydroxyl groups excluding tert-OH is 1. The van der Waals surface area contributed by atoms with Gasteiger partial charge in [0, 0.05) is 57.1 Å². The molecule has 2 atom stereocenters. The number of nitrogens with zero attached hydrogens (tertiary/aromatic N) is 2. The van der Waals surface area contributed by atoms with E-state index in [1.807, 2.05) is 12.3 Å². The minimum atomic E-state index is 0. The summed E-state index contributed by atoms with van der Waals surface area (Å²) in [4.78, 5) is 8.58. The average Bonchev–Trinajstić information content (AvgIpc) is 3.07. The highest BCUT2D eigenvalue weighted by Crippen LogP contribution is 2.31. The van der Waals surface area contributed by atoms with Gasteiger partial charge in [-0.25, -0.2) is 0 Å². The van der Waals surface area contributed by atoms with E-state index in [-0.39, 0.29) is 36.0 Å². The Morgan fingerprint density at radius 3 is 2.77 bits per heavy atom. The Bertz CT molecular complexity index is 534. The summed E-state index contributed by atoms with van der Waals surface area (Å²) in [5.41, 5.74) is 1.24. The molecule has 0 bridgehead atoms. The molecule has 3 N–H and O–H groups in total. The maximum absolute atomic E-state index is 9.34. The molecule has 2 unspecified atom stereocenters. The number of aromatic nitrogens is 1. The van der Waals surface area contributed by atoms with E-state index in [1.165, 1.54) is 5.56 Å². The summed E-state index contributed by atoms with van der Waals surface area (Å²) in [5.74, 6) is 1.66. The lowest BCUT2D eigenvalue weighted by molar-refractivity contribution is 0.127. The third-order valence-electron chi connectivity index (χ3n) is 5.09. The van der Waals surface area contributed by atoms with Crippen molar-refractivity contribution in [3.05, 3.63) is 30.1 Å². The first kappa shape index (κ1) is 23.1. The Morgan fingerprint density at radius 1 is 1.42 bits per heavy atom. The number of aliphatic hydroxyl groups is 1. The average molecular weight is 476 g/mol. The second-order valence-corrected chi connectivity index (χ2v) is 7.22. The summed E-state index contributed by atoms with van der Waals surface area (Å²) in [5, 5.41) is 16.2. The topological polar surface area (TPSA) is 78.8 Å². The van der Waals surface area contributed by atoms with Gasteiger partial charge in [-0.15, -0.1) is 24.0 Å². The molecule has 0 aromatic carbocycles. The van der Waals surface area contributed by atoms with Crippen LogP contribution in [0.15, 0.2) is 29.5 Å². The van der Waals surface area contributed by atoms with Gasteiger partial charge in [0.15, 0.2) is 5.96 Å². The lowest BCUT2D eigenvalue weighted by Gasteiger charge is -2.28. The lowest BCUT2D eigenvalue weighted by atomic mass is 9.84. The smallest absolute Gasteiger partial charge is 0.191 e. The Morgan fingerprint density at radius 2 is 2.23 bits per heavy atom. The zero-order valence-electron chi connectivity index (χ0n) is 16.1. The molecule has 0 saturated carbocycles. The van der Waals surface area contributed by atoms with Crippen LogP contribution in [-0.2, 0) is 4.74 Å². The van der Waals surface area contributed by atoms with Gasteiger partial charge in [0.25, 0.3) is 0 Å². The molecule has 1 aliphatic heterocycles. The van der Waals surface area contributed by atoms with E-state index in [0.717, 1.165) is 38.5 Å². The zero-order valence-corrected chi connectivity index (χ0v) is 18.4. The van der Waals surface area contributed by atoms with Crippen molar-refractivity contribution in [3.63, 3.8) is 0 Å². The van der Waals surface area contributed by atoms with Gasteiger partial charge in [-0.1, -0.05) is 19.9 Å². The van der Waals surface area contributed by atoms with Gasteiger partial charge in [-0.3, -0.25) is 9.98 Å². The molecule has 0 aliphatic carbocycles. The molecule has 7 heteroatoms. The van der Waals surface area contributed by atoms with Gasteiger partial charge in [0.2, 0.25) is 0 Å². The van der Waals surface area contributed by atoms with Crippen LogP contribution in [0, 0.1) is 11.3 Å². The number of hydrogen-bond acceptors (Lipinski definition) is 4. The van der Waals surface area contributed by atoms with E-state index in [9.17, 15) is 5.11 Å². The molecule has 148 valence electrons. The van der Waals surface area contributed by atoms with E-state index < -0.39 is 0 Å². The van der Waals surface area contributed by atoms with Crippen LogP contribution in [0.25, 0.3) is 0 Å². The number of aliphatic imine (C=N–C) groups is 1. The summed E-state index contributed by atoms with van der Waals surface area (Å²) in [7, 11) is 1.79. The van der Waals surface area contributed by atoms with Crippen molar-refractivity contribution in [3.8, 4) is 0 Å². The monoisotopic (exact) mass is 476 g/mol. The molecule has 1 saturated heterocycles. The molecular weight excluding hydrogens is 443 g/mol. The first-order valence-corrected chi connectivity index (χ1v) is 9.13. The summed E-state index contributed by atoms with van der Waals surface area (Å²) in [6, 6.07) is 4.11.